The Morgan fingerprint density at radius 2 is 1.80 bits per heavy atom. The summed E-state index contributed by atoms with van der Waals surface area (Å²) in [4.78, 5) is 24.0. The molecular weight excluding hydrogens is 337 g/mol. The molecule has 0 fully saturated rings. The van der Waals surface area contributed by atoms with Crippen molar-refractivity contribution in [2.45, 2.75) is 39.5 Å². The molecule has 5 nitrogen and oxygen atoms in total. The van der Waals surface area contributed by atoms with Crippen molar-refractivity contribution in [1.82, 2.24) is 5.32 Å². The molecule has 0 saturated carbocycles. The summed E-state index contributed by atoms with van der Waals surface area (Å²) >= 11 is 0. The molecular formula is C17H23F3N2O3. The van der Waals surface area contributed by atoms with Crippen molar-refractivity contribution in [1.29, 1.82) is 0 Å². The van der Waals surface area contributed by atoms with Gasteiger partial charge in [-0.05, 0) is 31.4 Å². The van der Waals surface area contributed by atoms with Crippen LogP contribution in [0, 0.1) is 5.92 Å². The summed E-state index contributed by atoms with van der Waals surface area (Å²) in [6, 6.07) is 5.86. The molecule has 0 spiro atoms. The molecule has 1 unspecified atom stereocenters. The largest absolute Gasteiger partial charge is 0.405 e. The molecule has 8 heteroatoms. The van der Waals surface area contributed by atoms with Gasteiger partial charge in [0.1, 0.15) is 12.6 Å². The molecule has 0 saturated heterocycles. The number of anilines is 1. The van der Waals surface area contributed by atoms with Crippen molar-refractivity contribution >= 4 is 17.5 Å². The Labute approximate surface area is 144 Å². The number of amides is 2. The molecule has 1 atom stereocenters. The van der Waals surface area contributed by atoms with E-state index in [4.69, 9.17) is 4.74 Å². The predicted molar refractivity (Wildman–Crippen MR) is 88.3 cm³/mol. The van der Waals surface area contributed by atoms with Gasteiger partial charge < -0.3 is 15.4 Å². The number of benzene rings is 1. The molecule has 1 rings (SSSR count). The Balaban J connectivity index is 2.69. The van der Waals surface area contributed by atoms with Crippen LogP contribution in [0.3, 0.4) is 0 Å². The molecule has 140 valence electrons. The second-order valence-electron chi connectivity index (χ2n) is 6.03. The molecule has 2 N–H and O–H groups in total. The average molecular weight is 360 g/mol. The van der Waals surface area contributed by atoms with Gasteiger partial charge in [0, 0.05) is 6.61 Å². The molecule has 0 aromatic heterocycles. The molecule has 1 aromatic rings. The smallest absolute Gasteiger partial charge is 0.369 e. The topological polar surface area (TPSA) is 67.4 Å². The molecule has 1 aromatic carbocycles. The van der Waals surface area contributed by atoms with Gasteiger partial charge in [-0.15, -0.1) is 0 Å². The molecule has 0 heterocycles. The lowest BCUT2D eigenvalue weighted by Gasteiger charge is -2.16. The maximum atomic E-state index is 12.2. The minimum Gasteiger partial charge on any atom is -0.369 e. The Morgan fingerprint density at radius 3 is 2.40 bits per heavy atom. The van der Waals surface area contributed by atoms with E-state index in [-0.39, 0.29) is 11.3 Å². The van der Waals surface area contributed by atoms with E-state index in [1.165, 1.54) is 18.2 Å². The lowest BCUT2D eigenvalue weighted by Crippen LogP contribution is -2.35. The number of ether oxygens (including phenoxy) is 1. The predicted octanol–water partition coefficient (Wildman–Crippen LogP) is 3.37. The van der Waals surface area contributed by atoms with Gasteiger partial charge in [-0.2, -0.15) is 13.2 Å². The molecule has 2 amide bonds. The summed E-state index contributed by atoms with van der Waals surface area (Å²) in [5, 5.41) is 4.30. The van der Waals surface area contributed by atoms with E-state index in [2.05, 4.69) is 5.32 Å². The first-order chi connectivity index (χ1) is 11.6. The van der Waals surface area contributed by atoms with Crippen LogP contribution in [-0.4, -0.2) is 37.2 Å². The zero-order valence-corrected chi connectivity index (χ0v) is 14.4. The molecule has 0 aliphatic rings. The van der Waals surface area contributed by atoms with Crippen molar-refractivity contribution in [3.05, 3.63) is 29.8 Å². The fourth-order valence-corrected chi connectivity index (χ4v) is 1.86. The SMILES string of the molecule is CC(C)CCOC(C)C(=O)Nc1ccccc1C(=O)NCC(F)(F)F. The first-order valence-corrected chi connectivity index (χ1v) is 7.96. The van der Waals surface area contributed by atoms with Crippen LogP contribution in [0.5, 0.6) is 0 Å². The first-order valence-electron chi connectivity index (χ1n) is 7.96. The average Bonchev–Trinajstić information content (AvgIpc) is 2.52. The van der Waals surface area contributed by atoms with Crippen molar-refractivity contribution in [3.63, 3.8) is 0 Å². The lowest BCUT2D eigenvalue weighted by atomic mass is 10.1. The molecule has 0 bridgehead atoms. The van der Waals surface area contributed by atoms with Gasteiger partial charge in [0.2, 0.25) is 0 Å². The highest BCUT2D eigenvalue weighted by Crippen LogP contribution is 2.17. The minimum atomic E-state index is -4.51. The number of halogens is 3. The molecule has 0 aliphatic carbocycles. The van der Waals surface area contributed by atoms with Crippen LogP contribution in [0.25, 0.3) is 0 Å². The van der Waals surface area contributed by atoms with Crippen LogP contribution in [0.1, 0.15) is 37.6 Å². The monoisotopic (exact) mass is 360 g/mol. The van der Waals surface area contributed by atoms with Gasteiger partial charge >= 0.3 is 6.18 Å². The Morgan fingerprint density at radius 1 is 1.16 bits per heavy atom. The highest BCUT2D eigenvalue weighted by Gasteiger charge is 2.28. The van der Waals surface area contributed by atoms with E-state index in [0.717, 1.165) is 6.42 Å². The van der Waals surface area contributed by atoms with Gasteiger partial charge in [0.05, 0.1) is 11.3 Å². The van der Waals surface area contributed by atoms with E-state index in [1.54, 1.807) is 18.3 Å². The van der Waals surface area contributed by atoms with Crippen LogP contribution in [0.2, 0.25) is 0 Å². The number of hydrogen-bond acceptors (Lipinski definition) is 3. The third-order valence-electron chi connectivity index (χ3n) is 3.31. The van der Waals surface area contributed by atoms with Crippen molar-refractivity contribution in [3.8, 4) is 0 Å². The van der Waals surface area contributed by atoms with Crippen molar-refractivity contribution in [2.75, 3.05) is 18.5 Å². The maximum absolute atomic E-state index is 12.2. The second kappa shape index (κ2) is 9.41. The summed E-state index contributed by atoms with van der Waals surface area (Å²) in [5.41, 5.74) is 0.0842. The molecule has 0 radical (unpaired) electrons. The number of para-hydroxylation sites is 1. The highest BCUT2D eigenvalue weighted by molar-refractivity contribution is 6.04. The van der Waals surface area contributed by atoms with Gasteiger partial charge in [-0.25, -0.2) is 0 Å². The summed E-state index contributed by atoms with van der Waals surface area (Å²) in [5.74, 6) is -0.949. The quantitative estimate of drug-likeness (QED) is 0.747. The summed E-state index contributed by atoms with van der Waals surface area (Å²) in [6.45, 7) is 4.61. The van der Waals surface area contributed by atoms with E-state index in [1.807, 2.05) is 13.8 Å². The van der Waals surface area contributed by atoms with E-state index in [9.17, 15) is 22.8 Å². The number of hydrogen-bond donors (Lipinski definition) is 2. The van der Waals surface area contributed by atoms with Crippen LogP contribution >= 0.6 is 0 Å². The van der Waals surface area contributed by atoms with E-state index < -0.39 is 30.6 Å². The van der Waals surface area contributed by atoms with Crippen molar-refractivity contribution < 1.29 is 27.5 Å². The molecule has 25 heavy (non-hydrogen) atoms. The summed E-state index contributed by atoms with van der Waals surface area (Å²) in [7, 11) is 0. The fourth-order valence-electron chi connectivity index (χ4n) is 1.86. The number of rotatable bonds is 8. The second-order valence-corrected chi connectivity index (χ2v) is 6.03. The van der Waals surface area contributed by atoms with Gasteiger partial charge in [-0.1, -0.05) is 26.0 Å². The number of carbonyl (C=O) groups is 2. The number of carbonyl (C=O) groups excluding carboxylic acids is 2. The number of nitrogens with one attached hydrogen (secondary N) is 2. The highest BCUT2D eigenvalue weighted by atomic mass is 19.4. The Hall–Kier alpha value is -2.09. The number of alkyl halides is 3. The standard InChI is InChI=1S/C17H23F3N2O3/c1-11(2)8-9-25-12(3)15(23)22-14-7-5-4-6-13(14)16(24)21-10-17(18,19)20/h4-7,11-12H,8-10H2,1-3H3,(H,21,24)(H,22,23). The third-order valence-corrected chi connectivity index (χ3v) is 3.31. The zero-order chi connectivity index (χ0) is 19.0. The van der Waals surface area contributed by atoms with Crippen LogP contribution in [0.4, 0.5) is 18.9 Å². The van der Waals surface area contributed by atoms with Crippen molar-refractivity contribution in [2.24, 2.45) is 5.92 Å². The minimum absolute atomic E-state index is 0.0468. The van der Waals surface area contributed by atoms with E-state index in [0.29, 0.717) is 12.5 Å². The van der Waals surface area contributed by atoms with Crippen LogP contribution in [0.15, 0.2) is 24.3 Å². The lowest BCUT2D eigenvalue weighted by molar-refractivity contribution is -0.126. The third kappa shape index (κ3) is 8.02. The van der Waals surface area contributed by atoms with Crippen LogP contribution < -0.4 is 10.6 Å². The normalized spacial score (nSPS) is 12.8. The zero-order valence-electron chi connectivity index (χ0n) is 14.4. The fraction of sp³-hybridized carbons (Fsp3) is 0.529. The maximum Gasteiger partial charge on any atom is 0.405 e. The summed E-state index contributed by atoms with van der Waals surface area (Å²) < 4.78 is 42.1. The van der Waals surface area contributed by atoms with Gasteiger partial charge in [0.25, 0.3) is 11.8 Å². The van der Waals surface area contributed by atoms with Gasteiger partial charge in [0.15, 0.2) is 0 Å². The summed E-state index contributed by atoms with van der Waals surface area (Å²) in [6.07, 6.45) is -4.45. The van der Waals surface area contributed by atoms with E-state index >= 15 is 0 Å². The Bertz CT molecular complexity index is 589. The first kappa shape index (κ1) is 21.0. The molecule has 0 aliphatic heterocycles. The van der Waals surface area contributed by atoms with Crippen LogP contribution in [-0.2, 0) is 9.53 Å². The van der Waals surface area contributed by atoms with Gasteiger partial charge in [-0.3, -0.25) is 9.59 Å². The Kier molecular flexibility index (Phi) is 7.89.